The van der Waals surface area contributed by atoms with Gasteiger partial charge in [0.05, 0.1) is 5.70 Å². The minimum atomic E-state index is 0.796. The van der Waals surface area contributed by atoms with Gasteiger partial charge in [0.2, 0.25) is 0 Å². The summed E-state index contributed by atoms with van der Waals surface area (Å²) in [5.41, 5.74) is 1.61. The van der Waals surface area contributed by atoms with Crippen molar-refractivity contribution in [3.05, 3.63) is 36.6 Å². The predicted molar refractivity (Wildman–Crippen MR) is 42.6 cm³/mol. The molecule has 0 spiro atoms. The van der Waals surface area contributed by atoms with E-state index in [4.69, 9.17) is 0 Å². The fourth-order valence-corrected chi connectivity index (χ4v) is 0.483. The number of hydrogen-bond acceptors (Lipinski definition) is 1. The molecule has 9 heavy (non-hydrogen) atoms. The molecular formula is C8H11N. The van der Waals surface area contributed by atoms with Gasteiger partial charge in [-0.05, 0) is 19.2 Å². The van der Waals surface area contributed by atoms with Crippen molar-refractivity contribution in [1.82, 2.24) is 0 Å². The molecule has 0 fully saturated rings. The van der Waals surface area contributed by atoms with E-state index in [1.807, 2.05) is 13.0 Å². The fourth-order valence-electron chi connectivity index (χ4n) is 0.483. The summed E-state index contributed by atoms with van der Waals surface area (Å²) in [5.74, 6) is 0. The second-order valence-electron chi connectivity index (χ2n) is 1.56. The van der Waals surface area contributed by atoms with E-state index in [1.54, 1.807) is 6.08 Å². The second-order valence-corrected chi connectivity index (χ2v) is 1.56. The van der Waals surface area contributed by atoms with Crippen molar-refractivity contribution >= 4 is 6.72 Å². The summed E-state index contributed by atoms with van der Waals surface area (Å²) in [4.78, 5) is 3.72. The molecule has 48 valence electrons. The molecule has 0 rings (SSSR count). The summed E-state index contributed by atoms with van der Waals surface area (Å²) in [6.45, 7) is 12.5. The van der Waals surface area contributed by atoms with Crippen LogP contribution in [0.25, 0.3) is 0 Å². The van der Waals surface area contributed by atoms with Gasteiger partial charge in [-0.1, -0.05) is 25.3 Å². The Hall–Kier alpha value is -1.11. The number of rotatable bonds is 3. The SMILES string of the molecule is C=CC(=C)/C(=C\C)N=C. The zero-order valence-electron chi connectivity index (χ0n) is 5.72. The first kappa shape index (κ1) is 7.89. The average Bonchev–Trinajstić information content (AvgIpc) is 1.90. The molecule has 0 unspecified atom stereocenters. The van der Waals surface area contributed by atoms with Crippen LogP contribution >= 0.6 is 0 Å². The van der Waals surface area contributed by atoms with E-state index in [-0.39, 0.29) is 0 Å². The molecule has 0 amide bonds. The van der Waals surface area contributed by atoms with E-state index in [1.165, 1.54) is 0 Å². The van der Waals surface area contributed by atoms with Crippen LogP contribution in [0.5, 0.6) is 0 Å². The molecule has 0 heterocycles. The molecular weight excluding hydrogens is 110 g/mol. The third-order valence-electron chi connectivity index (χ3n) is 1.02. The highest BCUT2D eigenvalue weighted by molar-refractivity contribution is 5.41. The first-order chi connectivity index (χ1) is 4.26. The van der Waals surface area contributed by atoms with Gasteiger partial charge in [0, 0.05) is 0 Å². The van der Waals surface area contributed by atoms with Gasteiger partial charge in [0.15, 0.2) is 0 Å². The summed E-state index contributed by atoms with van der Waals surface area (Å²) >= 11 is 0. The molecule has 0 bridgehead atoms. The van der Waals surface area contributed by atoms with Gasteiger partial charge in [0.25, 0.3) is 0 Å². The molecule has 1 nitrogen and oxygen atoms in total. The third kappa shape index (κ3) is 2.08. The predicted octanol–water partition coefficient (Wildman–Crippen LogP) is 2.33. The largest absolute Gasteiger partial charge is 0.264 e. The van der Waals surface area contributed by atoms with Crippen LogP contribution < -0.4 is 0 Å². The van der Waals surface area contributed by atoms with Crippen LogP contribution in [0.2, 0.25) is 0 Å². The lowest BCUT2D eigenvalue weighted by Gasteiger charge is -1.95. The highest BCUT2D eigenvalue weighted by Crippen LogP contribution is 2.07. The van der Waals surface area contributed by atoms with E-state index in [0.717, 1.165) is 11.3 Å². The maximum Gasteiger partial charge on any atom is 0.0645 e. The molecule has 0 aliphatic heterocycles. The zero-order chi connectivity index (χ0) is 7.28. The monoisotopic (exact) mass is 121 g/mol. The van der Waals surface area contributed by atoms with Gasteiger partial charge in [-0.25, -0.2) is 0 Å². The molecule has 0 aliphatic carbocycles. The number of nitrogens with zero attached hydrogens (tertiary/aromatic N) is 1. The molecule has 0 saturated heterocycles. The standard InChI is InChI=1S/C8H11N/c1-5-7(3)8(6-2)9-4/h5-6H,1,3-4H2,2H3/b8-6+. The number of allylic oxidation sites excluding steroid dienone is 2. The van der Waals surface area contributed by atoms with Crippen molar-refractivity contribution in [1.29, 1.82) is 0 Å². The van der Waals surface area contributed by atoms with E-state index >= 15 is 0 Å². The lowest BCUT2D eigenvalue weighted by molar-refractivity contribution is 1.35. The molecule has 0 saturated carbocycles. The van der Waals surface area contributed by atoms with Crippen molar-refractivity contribution in [2.45, 2.75) is 6.92 Å². The van der Waals surface area contributed by atoms with Crippen molar-refractivity contribution in [3.63, 3.8) is 0 Å². The summed E-state index contributed by atoms with van der Waals surface area (Å²) in [6, 6.07) is 0. The summed E-state index contributed by atoms with van der Waals surface area (Å²) < 4.78 is 0. The molecule has 0 aromatic rings. The van der Waals surface area contributed by atoms with Gasteiger partial charge in [0.1, 0.15) is 0 Å². The number of hydrogen-bond donors (Lipinski definition) is 0. The van der Waals surface area contributed by atoms with Crippen LogP contribution in [0, 0.1) is 0 Å². The third-order valence-corrected chi connectivity index (χ3v) is 1.02. The quantitative estimate of drug-likeness (QED) is 0.401. The van der Waals surface area contributed by atoms with Crippen LogP contribution in [0.4, 0.5) is 0 Å². The Morgan fingerprint density at radius 2 is 2.11 bits per heavy atom. The Bertz CT molecular complexity index is 163. The van der Waals surface area contributed by atoms with Gasteiger partial charge >= 0.3 is 0 Å². The van der Waals surface area contributed by atoms with Gasteiger partial charge in [-0.3, -0.25) is 4.99 Å². The van der Waals surface area contributed by atoms with E-state index in [9.17, 15) is 0 Å². The fraction of sp³-hybridized carbons (Fsp3) is 0.125. The molecule has 0 radical (unpaired) electrons. The zero-order valence-corrected chi connectivity index (χ0v) is 5.72. The molecule has 0 N–H and O–H groups in total. The van der Waals surface area contributed by atoms with Gasteiger partial charge < -0.3 is 0 Å². The van der Waals surface area contributed by atoms with Crippen LogP contribution in [0.3, 0.4) is 0 Å². The molecule has 0 aromatic heterocycles. The number of aliphatic imine (C=N–C) groups is 1. The summed E-state index contributed by atoms with van der Waals surface area (Å²) in [7, 11) is 0. The highest BCUT2D eigenvalue weighted by atomic mass is 14.7. The van der Waals surface area contributed by atoms with Crippen molar-refractivity contribution in [2.75, 3.05) is 0 Å². The maximum atomic E-state index is 3.72. The summed E-state index contributed by atoms with van der Waals surface area (Å²) in [5, 5.41) is 0. The first-order valence-electron chi connectivity index (χ1n) is 2.71. The van der Waals surface area contributed by atoms with E-state index < -0.39 is 0 Å². The lowest BCUT2D eigenvalue weighted by atomic mass is 10.2. The van der Waals surface area contributed by atoms with Crippen molar-refractivity contribution in [2.24, 2.45) is 4.99 Å². The minimum absolute atomic E-state index is 0.796. The second kappa shape index (κ2) is 3.84. The molecule has 0 aromatic carbocycles. The summed E-state index contributed by atoms with van der Waals surface area (Å²) in [6.07, 6.45) is 3.50. The Balaban J connectivity index is 4.31. The maximum absolute atomic E-state index is 3.72. The van der Waals surface area contributed by atoms with Crippen LogP contribution in [0.1, 0.15) is 6.92 Å². The van der Waals surface area contributed by atoms with Crippen molar-refractivity contribution < 1.29 is 0 Å². The molecule has 0 aliphatic rings. The smallest absolute Gasteiger partial charge is 0.0645 e. The Morgan fingerprint density at radius 1 is 1.56 bits per heavy atom. The van der Waals surface area contributed by atoms with Crippen molar-refractivity contribution in [3.8, 4) is 0 Å². The Morgan fingerprint density at radius 3 is 2.22 bits per heavy atom. The normalized spacial score (nSPS) is 10.6. The highest BCUT2D eigenvalue weighted by Gasteiger charge is 1.89. The van der Waals surface area contributed by atoms with Gasteiger partial charge in [-0.2, -0.15) is 0 Å². The lowest BCUT2D eigenvalue weighted by Crippen LogP contribution is -1.77. The Kier molecular flexibility index (Phi) is 3.37. The van der Waals surface area contributed by atoms with Crippen LogP contribution in [-0.2, 0) is 0 Å². The Labute approximate surface area is 56.1 Å². The molecule has 1 heteroatoms. The van der Waals surface area contributed by atoms with Gasteiger partial charge in [-0.15, -0.1) is 0 Å². The average molecular weight is 121 g/mol. The van der Waals surface area contributed by atoms with Crippen LogP contribution in [0.15, 0.2) is 41.6 Å². The van der Waals surface area contributed by atoms with Crippen LogP contribution in [-0.4, -0.2) is 6.72 Å². The first-order valence-corrected chi connectivity index (χ1v) is 2.71. The minimum Gasteiger partial charge on any atom is -0.264 e. The van der Waals surface area contributed by atoms with E-state index in [0.29, 0.717) is 0 Å². The topological polar surface area (TPSA) is 12.4 Å². The van der Waals surface area contributed by atoms with E-state index in [2.05, 4.69) is 24.9 Å². The molecule has 0 atom stereocenters.